The van der Waals surface area contributed by atoms with E-state index in [0.717, 1.165) is 55.8 Å². The molecule has 0 radical (unpaired) electrons. The number of benzene rings is 1. The molecule has 2 aliphatic rings. The van der Waals surface area contributed by atoms with Crippen molar-refractivity contribution in [1.29, 1.82) is 0 Å². The summed E-state index contributed by atoms with van der Waals surface area (Å²) in [6.07, 6.45) is 4.24. The number of aromatic nitrogens is 2. The number of aryl methyl sites for hydroxylation is 2. The van der Waals surface area contributed by atoms with E-state index in [1.165, 1.54) is 11.1 Å². The van der Waals surface area contributed by atoms with E-state index in [4.69, 9.17) is 0 Å². The quantitative estimate of drug-likeness (QED) is 0.919. The summed E-state index contributed by atoms with van der Waals surface area (Å²) in [4.78, 5) is 14.5. The Morgan fingerprint density at radius 3 is 2.62 bits per heavy atom. The SMILES string of the molecule is Cc1ccc(-c2ccc(N3CCCC(C(=O)NC4CC4)C3)nn2)cc1C. The molecule has 0 bridgehead atoms. The van der Waals surface area contributed by atoms with Crippen LogP contribution in [-0.4, -0.2) is 35.2 Å². The summed E-state index contributed by atoms with van der Waals surface area (Å²) < 4.78 is 0. The van der Waals surface area contributed by atoms with Gasteiger partial charge in [0.1, 0.15) is 0 Å². The molecule has 1 aromatic carbocycles. The number of carbonyl (C=O) groups is 1. The van der Waals surface area contributed by atoms with Gasteiger partial charge in [0.2, 0.25) is 5.91 Å². The normalized spacial score (nSPS) is 20.1. The van der Waals surface area contributed by atoms with Crippen molar-refractivity contribution in [2.45, 2.75) is 45.6 Å². The summed E-state index contributed by atoms with van der Waals surface area (Å²) in [5, 5.41) is 12.0. The van der Waals surface area contributed by atoms with Crippen LogP contribution in [0.5, 0.6) is 0 Å². The molecule has 136 valence electrons. The number of rotatable bonds is 4. The highest BCUT2D eigenvalue weighted by Crippen LogP contribution is 2.26. The van der Waals surface area contributed by atoms with Crippen LogP contribution in [0.1, 0.15) is 36.8 Å². The van der Waals surface area contributed by atoms with Crippen LogP contribution in [0, 0.1) is 19.8 Å². The minimum atomic E-state index is 0.0607. The van der Waals surface area contributed by atoms with Crippen LogP contribution < -0.4 is 10.2 Å². The maximum Gasteiger partial charge on any atom is 0.225 e. The number of anilines is 1. The number of nitrogens with one attached hydrogen (secondary N) is 1. The minimum Gasteiger partial charge on any atom is -0.354 e. The second kappa shape index (κ2) is 7.06. The third kappa shape index (κ3) is 3.71. The maximum absolute atomic E-state index is 12.4. The van der Waals surface area contributed by atoms with E-state index < -0.39 is 0 Å². The zero-order valence-corrected chi connectivity index (χ0v) is 15.5. The van der Waals surface area contributed by atoms with Gasteiger partial charge in [-0.3, -0.25) is 4.79 Å². The molecule has 5 heteroatoms. The highest BCUT2D eigenvalue weighted by atomic mass is 16.2. The van der Waals surface area contributed by atoms with Gasteiger partial charge in [-0.25, -0.2) is 0 Å². The Morgan fingerprint density at radius 2 is 1.92 bits per heavy atom. The van der Waals surface area contributed by atoms with E-state index in [1.807, 2.05) is 12.1 Å². The van der Waals surface area contributed by atoms with E-state index in [1.54, 1.807) is 0 Å². The van der Waals surface area contributed by atoms with Gasteiger partial charge < -0.3 is 10.2 Å². The fourth-order valence-corrected chi connectivity index (χ4v) is 3.49. The minimum absolute atomic E-state index is 0.0607. The highest BCUT2D eigenvalue weighted by molar-refractivity contribution is 5.80. The van der Waals surface area contributed by atoms with Gasteiger partial charge in [0.25, 0.3) is 0 Å². The molecule has 2 aromatic rings. The maximum atomic E-state index is 12.4. The highest BCUT2D eigenvalue weighted by Gasteiger charge is 2.30. The molecule has 1 saturated heterocycles. The van der Waals surface area contributed by atoms with Crippen LogP contribution in [0.4, 0.5) is 5.82 Å². The molecule has 1 aliphatic carbocycles. The van der Waals surface area contributed by atoms with Crippen molar-refractivity contribution in [3.8, 4) is 11.3 Å². The van der Waals surface area contributed by atoms with Gasteiger partial charge in [-0.15, -0.1) is 10.2 Å². The molecule has 26 heavy (non-hydrogen) atoms. The summed E-state index contributed by atoms with van der Waals surface area (Å²) in [7, 11) is 0. The van der Waals surface area contributed by atoms with Crippen molar-refractivity contribution in [2.75, 3.05) is 18.0 Å². The average molecular weight is 350 g/mol. The summed E-state index contributed by atoms with van der Waals surface area (Å²) in [5.41, 5.74) is 4.51. The summed E-state index contributed by atoms with van der Waals surface area (Å²) in [6.45, 7) is 5.89. The number of hydrogen-bond donors (Lipinski definition) is 1. The first-order valence-corrected chi connectivity index (χ1v) is 9.57. The lowest BCUT2D eigenvalue weighted by atomic mass is 9.97. The Kier molecular flexibility index (Phi) is 4.62. The van der Waals surface area contributed by atoms with Crippen LogP contribution in [0.3, 0.4) is 0 Å². The van der Waals surface area contributed by atoms with Crippen molar-refractivity contribution in [3.05, 3.63) is 41.5 Å². The van der Waals surface area contributed by atoms with Crippen molar-refractivity contribution in [3.63, 3.8) is 0 Å². The van der Waals surface area contributed by atoms with Gasteiger partial charge in [-0.2, -0.15) is 0 Å². The molecular weight excluding hydrogens is 324 g/mol. The second-order valence-corrected chi connectivity index (χ2v) is 7.64. The zero-order chi connectivity index (χ0) is 18.1. The predicted molar refractivity (Wildman–Crippen MR) is 103 cm³/mol. The van der Waals surface area contributed by atoms with Crippen molar-refractivity contribution in [1.82, 2.24) is 15.5 Å². The van der Waals surface area contributed by atoms with Crippen LogP contribution in [0.15, 0.2) is 30.3 Å². The van der Waals surface area contributed by atoms with E-state index in [9.17, 15) is 4.79 Å². The third-order valence-corrected chi connectivity index (χ3v) is 5.49. The van der Waals surface area contributed by atoms with Gasteiger partial charge in [0, 0.05) is 24.7 Å². The Bertz CT molecular complexity index is 798. The molecule has 1 aromatic heterocycles. The van der Waals surface area contributed by atoms with Crippen LogP contribution in [-0.2, 0) is 4.79 Å². The lowest BCUT2D eigenvalue weighted by Gasteiger charge is -2.32. The van der Waals surface area contributed by atoms with Crippen molar-refractivity contribution < 1.29 is 4.79 Å². The first kappa shape index (κ1) is 17.0. The smallest absolute Gasteiger partial charge is 0.225 e. The number of amides is 1. The number of piperidine rings is 1. The molecule has 5 nitrogen and oxygen atoms in total. The van der Waals surface area contributed by atoms with Crippen molar-refractivity contribution in [2.24, 2.45) is 5.92 Å². The predicted octanol–water partition coefficient (Wildman–Crippen LogP) is 3.26. The molecule has 1 aliphatic heterocycles. The van der Waals surface area contributed by atoms with Gasteiger partial charge in [0.05, 0.1) is 11.6 Å². The molecule has 1 saturated carbocycles. The first-order valence-electron chi connectivity index (χ1n) is 9.57. The average Bonchev–Trinajstić information content (AvgIpc) is 3.48. The fraction of sp³-hybridized carbons (Fsp3) is 0.476. The number of nitrogens with zero attached hydrogens (tertiary/aromatic N) is 3. The lowest BCUT2D eigenvalue weighted by molar-refractivity contribution is -0.125. The Labute approximate surface area is 154 Å². The lowest BCUT2D eigenvalue weighted by Crippen LogP contribution is -2.44. The molecular formula is C21H26N4O. The molecule has 0 spiro atoms. The standard InChI is InChI=1S/C21H26N4O/c1-14-5-6-16(12-15(14)2)19-9-10-20(24-23-19)25-11-3-4-17(13-25)21(26)22-18-7-8-18/h5-6,9-10,12,17-18H,3-4,7-8,11,13H2,1-2H3,(H,22,26). The van der Waals surface area contributed by atoms with E-state index in [2.05, 4.69) is 52.5 Å². The zero-order valence-electron chi connectivity index (χ0n) is 15.5. The van der Waals surface area contributed by atoms with Crippen LogP contribution >= 0.6 is 0 Å². The summed E-state index contributed by atoms with van der Waals surface area (Å²) >= 11 is 0. The second-order valence-electron chi connectivity index (χ2n) is 7.64. The number of hydrogen-bond acceptors (Lipinski definition) is 4. The third-order valence-electron chi connectivity index (χ3n) is 5.49. The first-order chi connectivity index (χ1) is 12.6. The Morgan fingerprint density at radius 1 is 1.08 bits per heavy atom. The van der Waals surface area contributed by atoms with Gasteiger partial charge in [-0.05, 0) is 68.9 Å². The van der Waals surface area contributed by atoms with Crippen molar-refractivity contribution >= 4 is 11.7 Å². The van der Waals surface area contributed by atoms with E-state index >= 15 is 0 Å². The Balaban J connectivity index is 1.45. The summed E-state index contributed by atoms with van der Waals surface area (Å²) in [6, 6.07) is 10.8. The van der Waals surface area contributed by atoms with Crippen LogP contribution in [0.25, 0.3) is 11.3 Å². The largest absolute Gasteiger partial charge is 0.354 e. The van der Waals surface area contributed by atoms with Gasteiger partial charge >= 0.3 is 0 Å². The molecule has 1 N–H and O–H groups in total. The number of carbonyl (C=O) groups excluding carboxylic acids is 1. The molecule has 1 atom stereocenters. The molecule has 1 unspecified atom stereocenters. The van der Waals surface area contributed by atoms with Gasteiger partial charge in [0.15, 0.2) is 5.82 Å². The topological polar surface area (TPSA) is 58.1 Å². The Hall–Kier alpha value is -2.43. The molecule has 2 fully saturated rings. The molecule has 4 rings (SSSR count). The fourth-order valence-electron chi connectivity index (χ4n) is 3.49. The van der Waals surface area contributed by atoms with Crippen LogP contribution in [0.2, 0.25) is 0 Å². The molecule has 1 amide bonds. The van der Waals surface area contributed by atoms with Gasteiger partial charge in [-0.1, -0.05) is 12.1 Å². The summed E-state index contributed by atoms with van der Waals surface area (Å²) in [5.74, 6) is 1.13. The monoisotopic (exact) mass is 350 g/mol. The van der Waals surface area contributed by atoms with E-state index in [0.29, 0.717) is 6.04 Å². The van der Waals surface area contributed by atoms with E-state index in [-0.39, 0.29) is 11.8 Å². The molecule has 2 heterocycles.